The first-order valence-electron chi connectivity index (χ1n) is 7.00. The summed E-state index contributed by atoms with van der Waals surface area (Å²) in [6.07, 6.45) is 0.819. The Kier molecular flexibility index (Phi) is 6.08. The molecule has 0 aliphatic heterocycles. The summed E-state index contributed by atoms with van der Waals surface area (Å²) in [6.45, 7) is 1.04. The summed E-state index contributed by atoms with van der Waals surface area (Å²) in [5.41, 5.74) is 5.87. The Morgan fingerprint density at radius 1 is 1.26 bits per heavy atom. The van der Waals surface area contributed by atoms with Crippen LogP contribution in [0.25, 0.3) is 0 Å². The predicted molar refractivity (Wildman–Crippen MR) is 89.7 cm³/mol. The zero-order valence-corrected chi connectivity index (χ0v) is 14.0. The lowest BCUT2D eigenvalue weighted by Crippen LogP contribution is -2.27. The number of anilines is 1. The third kappa shape index (κ3) is 5.31. The second-order valence-electron chi connectivity index (χ2n) is 4.73. The molecule has 1 aromatic carbocycles. The number of carbonyl (C=O) groups is 1. The quantitative estimate of drug-likeness (QED) is 0.611. The molecule has 0 aliphatic rings. The fraction of sp³-hybridized carbons (Fsp3) is 0.286. The Balaban J connectivity index is 1.96. The lowest BCUT2D eigenvalue weighted by atomic mass is 10.3. The van der Waals surface area contributed by atoms with Crippen LogP contribution in [0.4, 0.5) is 5.13 Å². The highest BCUT2D eigenvalue weighted by Crippen LogP contribution is 2.20. The van der Waals surface area contributed by atoms with Gasteiger partial charge in [0.1, 0.15) is 0 Å². The number of thiazole rings is 1. The number of carbonyl (C=O) groups excluding carboxylic acids is 1. The summed E-state index contributed by atoms with van der Waals surface area (Å²) in [7, 11) is -3.66. The molecule has 0 radical (unpaired) electrons. The van der Waals surface area contributed by atoms with Crippen molar-refractivity contribution in [2.24, 2.45) is 5.73 Å². The van der Waals surface area contributed by atoms with Crippen molar-refractivity contribution in [2.45, 2.75) is 17.7 Å². The second kappa shape index (κ2) is 8.04. The highest BCUT2D eigenvalue weighted by Gasteiger charge is 2.16. The lowest BCUT2D eigenvalue weighted by Gasteiger charge is -2.04. The molecule has 2 rings (SSSR count). The molecule has 124 valence electrons. The number of rotatable bonds is 8. The summed E-state index contributed by atoms with van der Waals surface area (Å²) >= 11 is 1.14. The van der Waals surface area contributed by atoms with E-state index in [-0.39, 0.29) is 22.4 Å². The van der Waals surface area contributed by atoms with Crippen molar-refractivity contribution in [3.63, 3.8) is 0 Å². The first kappa shape index (κ1) is 17.4. The SMILES string of the molecule is NCCCNC(=O)Cc1csc(NS(=O)(=O)c2ccccc2)n1. The van der Waals surface area contributed by atoms with Gasteiger partial charge < -0.3 is 11.1 Å². The minimum absolute atomic E-state index is 0.105. The van der Waals surface area contributed by atoms with Crippen molar-refractivity contribution in [1.29, 1.82) is 0 Å². The molecule has 0 aliphatic carbocycles. The third-order valence-electron chi connectivity index (χ3n) is 2.87. The smallest absolute Gasteiger partial charge is 0.263 e. The lowest BCUT2D eigenvalue weighted by molar-refractivity contribution is -0.120. The molecule has 0 unspecified atom stereocenters. The van der Waals surface area contributed by atoms with E-state index < -0.39 is 10.0 Å². The third-order valence-corrected chi connectivity index (χ3v) is 5.16. The standard InChI is InChI=1S/C14H18N4O3S2/c15-7-4-8-16-13(19)9-11-10-22-14(17-11)18-23(20,21)12-5-2-1-3-6-12/h1-3,5-6,10H,4,7-9,15H2,(H,16,19)(H,17,18). The topological polar surface area (TPSA) is 114 Å². The number of hydrogen-bond acceptors (Lipinski definition) is 6. The van der Waals surface area contributed by atoms with Crippen molar-refractivity contribution < 1.29 is 13.2 Å². The molecule has 0 saturated heterocycles. The first-order chi connectivity index (χ1) is 11.0. The van der Waals surface area contributed by atoms with E-state index in [1.54, 1.807) is 23.6 Å². The van der Waals surface area contributed by atoms with Gasteiger partial charge in [0.05, 0.1) is 17.0 Å². The number of nitrogens with one attached hydrogen (secondary N) is 2. The summed E-state index contributed by atoms with van der Waals surface area (Å²) in [5.74, 6) is -0.166. The normalized spacial score (nSPS) is 11.2. The highest BCUT2D eigenvalue weighted by molar-refractivity contribution is 7.93. The van der Waals surface area contributed by atoms with Gasteiger partial charge >= 0.3 is 0 Å². The van der Waals surface area contributed by atoms with Crippen molar-refractivity contribution >= 4 is 32.4 Å². The van der Waals surface area contributed by atoms with Gasteiger partial charge in [0.2, 0.25) is 5.91 Å². The van der Waals surface area contributed by atoms with Gasteiger partial charge in [0.25, 0.3) is 10.0 Å². The Morgan fingerprint density at radius 3 is 2.70 bits per heavy atom. The van der Waals surface area contributed by atoms with E-state index >= 15 is 0 Å². The molecule has 4 N–H and O–H groups in total. The van der Waals surface area contributed by atoms with E-state index in [0.717, 1.165) is 11.3 Å². The molecule has 0 saturated carbocycles. The largest absolute Gasteiger partial charge is 0.356 e. The van der Waals surface area contributed by atoms with E-state index in [4.69, 9.17) is 5.73 Å². The molecule has 7 nitrogen and oxygen atoms in total. The van der Waals surface area contributed by atoms with Crippen LogP contribution in [0, 0.1) is 0 Å². The van der Waals surface area contributed by atoms with Crippen LogP contribution >= 0.6 is 11.3 Å². The van der Waals surface area contributed by atoms with Crippen molar-refractivity contribution in [3.8, 4) is 0 Å². The maximum absolute atomic E-state index is 12.2. The molecule has 1 heterocycles. The van der Waals surface area contributed by atoms with Crippen LogP contribution < -0.4 is 15.8 Å². The molecule has 0 fully saturated rings. The molecule has 9 heteroatoms. The maximum atomic E-state index is 12.2. The van der Waals surface area contributed by atoms with Gasteiger partial charge in [0, 0.05) is 11.9 Å². The van der Waals surface area contributed by atoms with E-state index in [1.165, 1.54) is 12.1 Å². The van der Waals surface area contributed by atoms with Crippen LogP contribution in [0.2, 0.25) is 0 Å². The summed E-state index contributed by atoms with van der Waals surface area (Å²) in [6, 6.07) is 8.04. The number of benzene rings is 1. The molecule has 23 heavy (non-hydrogen) atoms. The van der Waals surface area contributed by atoms with Crippen molar-refractivity contribution in [3.05, 3.63) is 41.4 Å². The van der Waals surface area contributed by atoms with E-state index in [2.05, 4.69) is 15.0 Å². The van der Waals surface area contributed by atoms with Crippen LogP contribution in [-0.4, -0.2) is 32.4 Å². The number of nitrogens with zero attached hydrogens (tertiary/aromatic N) is 1. The van der Waals surface area contributed by atoms with Crippen LogP contribution in [0.5, 0.6) is 0 Å². The minimum atomic E-state index is -3.66. The average Bonchev–Trinajstić information content (AvgIpc) is 2.94. The van der Waals surface area contributed by atoms with Crippen LogP contribution in [0.15, 0.2) is 40.6 Å². The van der Waals surface area contributed by atoms with Gasteiger partial charge in [-0.15, -0.1) is 11.3 Å². The zero-order chi connectivity index (χ0) is 16.7. The van der Waals surface area contributed by atoms with Gasteiger partial charge in [-0.3, -0.25) is 9.52 Å². The molecule has 2 aromatic rings. The molecule has 0 atom stereocenters. The van der Waals surface area contributed by atoms with Gasteiger partial charge in [0.15, 0.2) is 5.13 Å². The van der Waals surface area contributed by atoms with Gasteiger partial charge in [-0.2, -0.15) is 0 Å². The van der Waals surface area contributed by atoms with Gasteiger partial charge in [-0.05, 0) is 25.1 Å². The fourth-order valence-electron chi connectivity index (χ4n) is 1.77. The summed E-state index contributed by atoms with van der Waals surface area (Å²) in [4.78, 5) is 16.0. The predicted octanol–water partition coefficient (Wildman–Crippen LogP) is 0.951. The van der Waals surface area contributed by atoms with Gasteiger partial charge in [-0.1, -0.05) is 18.2 Å². The van der Waals surface area contributed by atoms with Gasteiger partial charge in [-0.25, -0.2) is 13.4 Å². The van der Waals surface area contributed by atoms with Crippen LogP contribution in [0.3, 0.4) is 0 Å². The van der Waals surface area contributed by atoms with E-state index in [0.29, 0.717) is 25.2 Å². The van der Waals surface area contributed by atoms with Crippen LogP contribution in [0.1, 0.15) is 12.1 Å². The molecule has 0 spiro atoms. The first-order valence-corrected chi connectivity index (χ1v) is 9.36. The Morgan fingerprint density at radius 2 is 2.00 bits per heavy atom. The van der Waals surface area contributed by atoms with Crippen molar-refractivity contribution in [2.75, 3.05) is 17.8 Å². The second-order valence-corrected chi connectivity index (χ2v) is 7.27. The van der Waals surface area contributed by atoms with Crippen molar-refractivity contribution in [1.82, 2.24) is 10.3 Å². The highest BCUT2D eigenvalue weighted by atomic mass is 32.2. The molecule has 1 aromatic heterocycles. The van der Waals surface area contributed by atoms with E-state index in [9.17, 15) is 13.2 Å². The number of aromatic nitrogens is 1. The summed E-state index contributed by atoms with van der Waals surface area (Å²) < 4.78 is 26.8. The zero-order valence-electron chi connectivity index (χ0n) is 12.4. The minimum Gasteiger partial charge on any atom is -0.356 e. The molecule has 0 bridgehead atoms. The fourth-order valence-corrected chi connectivity index (χ4v) is 3.75. The maximum Gasteiger partial charge on any atom is 0.263 e. The monoisotopic (exact) mass is 354 g/mol. The number of sulfonamides is 1. The molecular formula is C14H18N4O3S2. The Hall–Kier alpha value is -1.97. The molecule has 1 amide bonds. The van der Waals surface area contributed by atoms with Crippen LogP contribution in [-0.2, 0) is 21.2 Å². The summed E-state index contributed by atoms with van der Waals surface area (Å²) in [5, 5.41) is 4.62. The van der Waals surface area contributed by atoms with E-state index in [1.807, 2.05) is 0 Å². The number of hydrogen-bond donors (Lipinski definition) is 3. The number of amides is 1. The number of nitrogens with two attached hydrogens (primary N) is 1. The Labute approximate surface area is 139 Å². The average molecular weight is 354 g/mol. The Bertz CT molecular complexity index is 744. The molecular weight excluding hydrogens is 336 g/mol.